The molecule has 5 nitrogen and oxygen atoms in total. The number of carboxylic acid groups (broad SMARTS) is 1. The van der Waals surface area contributed by atoms with Crippen LogP contribution in [0.4, 0.5) is 10.5 Å². The summed E-state index contributed by atoms with van der Waals surface area (Å²) in [6.07, 6.45) is 1.46. The number of halogens is 1. The smallest absolute Gasteiger partial charge is 0.323 e. The number of benzene rings is 1. The summed E-state index contributed by atoms with van der Waals surface area (Å²) in [5, 5.41) is 11.7. The van der Waals surface area contributed by atoms with Crippen molar-refractivity contribution in [3.63, 3.8) is 0 Å². The number of nitrogens with zero attached hydrogens (tertiary/aromatic N) is 1. The van der Waals surface area contributed by atoms with Gasteiger partial charge in [-0.05, 0) is 24.6 Å². The molecule has 2 N–H and O–H groups in total. The standard InChI is InChI=1S/C13H15ClN2O3/c1-3-6-16(8-12(17)18)13(19)15-11-7-9(2)4-5-10(11)14/h3-5,7H,1,6,8H2,2H3,(H,15,19)(H,17,18). The zero-order chi connectivity index (χ0) is 14.4. The quantitative estimate of drug-likeness (QED) is 0.816. The first kappa shape index (κ1) is 15.0. The van der Waals surface area contributed by atoms with Crippen molar-refractivity contribution in [2.24, 2.45) is 0 Å². The van der Waals surface area contributed by atoms with E-state index in [-0.39, 0.29) is 6.54 Å². The molecule has 1 aromatic carbocycles. The Balaban J connectivity index is 2.83. The van der Waals surface area contributed by atoms with Crippen LogP contribution in [-0.2, 0) is 4.79 Å². The van der Waals surface area contributed by atoms with Crippen LogP contribution in [0.2, 0.25) is 5.02 Å². The molecule has 0 unspecified atom stereocenters. The summed E-state index contributed by atoms with van der Waals surface area (Å²) in [5.74, 6) is -1.09. The Kier molecular flexibility index (Phi) is 5.38. The van der Waals surface area contributed by atoms with E-state index in [1.165, 1.54) is 6.08 Å². The van der Waals surface area contributed by atoms with Crippen LogP contribution in [0.1, 0.15) is 5.56 Å². The van der Waals surface area contributed by atoms with E-state index in [9.17, 15) is 9.59 Å². The van der Waals surface area contributed by atoms with Gasteiger partial charge in [-0.25, -0.2) is 4.79 Å². The van der Waals surface area contributed by atoms with Gasteiger partial charge in [0.05, 0.1) is 10.7 Å². The van der Waals surface area contributed by atoms with Crippen molar-refractivity contribution in [2.75, 3.05) is 18.4 Å². The Morgan fingerprint density at radius 3 is 2.79 bits per heavy atom. The molecule has 0 saturated heterocycles. The van der Waals surface area contributed by atoms with Gasteiger partial charge >= 0.3 is 12.0 Å². The highest BCUT2D eigenvalue weighted by atomic mass is 35.5. The largest absolute Gasteiger partial charge is 0.480 e. The van der Waals surface area contributed by atoms with E-state index in [1.54, 1.807) is 12.1 Å². The molecule has 0 fully saturated rings. The van der Waals surface area contributed by atoms with Gasteiger partial charge < -0.3 is 15.3 Å². The monoisotopic (exact) mass is 282 g/mol. The highest BCUT2D eigenvalue weighted by molar-refractivity contribution is 6.33. The third-order valence-electron chi connectivity index (χ3n) is 2.33. The summed E-state index contributed by atoms with van der Waals surface area (Å²) in [7, 11) is 0. The number of nitrogens with one attached hydrogen (secondary N) is 1. The maximum absolute atomic E-state index is 11.9. The molecule has 0 aliphatic rings. The predicted octanol–water partition coefficient (Wildman–Crippen LogP) is 2.75. The Morgan fingerprint density at radius 1 is 1.53 bits per heavy atom. The first-order chi connectivity index (χ1) is 8.93. The molecule has 0 atom stereocenters. The lowest BCUT2D eigenvalue weighted by atomic mass is 10.2. The lowest BCUT2D eigenvalue weighted by molar-refractivity contribution is -0.137. The SMILES string of the molecule is C=CCN(CC(=O)O)C(=O)Nc1cc(C)ccc1Cl. The molecule has 0 saturated carbocycles. The first-order valence-corrected chi connectivity index (χ1v) is 5.96. The number of anilines is 1. The molecule has 0 aromatic heterocycles. The molecule has 0 aliphatic heterocycles. The molecule has 1 aromatic rings. The fourth-order valence-electron chi connectivity index (χ4n) is 1.47. The van der Waals surface area contributed by atoms with Crippen molar-refractivity contribution in [1.82, 2.24) is 4.90 Å². The van der Waals surface area contributed by atoms with Crippen LogP contribution in [0.3, 0.4) is 0 Å². The van der Waals surface area contributed by atoms with Crippen LogP contribution in [0.5, 0.6) is 0 Å². The lowest BCUT2D eigenvalue weighted by Crippen LogP contribution is -2.38. The summed E-state index contributed by atoms with van der Waals surface area (Å²) < 4.78 is 0. The van der Waals surface area contributed by atoms with Gasteiger partial charge in [0.15, 0.2) is 0 Å². The van der Waals surface area contributed by atoms with Gasteiger partial charge in [0.1, 0.15) is 6.54 Å². The van der Waals surface area contributed by atoms with Gasteiger partial charge in [0.2, 0.25) is 0 Å². The number of carbonyl (C=O) groups excluding carboxylic acids is 1. The minimum Gasteiger partial charge on any atom is -0.480 e. The third-order valence-corrected chi connectivity index (χ3v) is 2.66. The van der Waals surface area contributed by atoms with E-state index in [4.69, 9.17) is 16.7 Å². The Bertz CT molecular complexity index is 503. The second-order valence-corrected chi connectivity index (χ2v) is 4.38. The molecule has 2 amide bonds. The molecule has 19 heavy (non-hydrogen) atoms. The van der Waals surface area contributed by atoms with Gasteiger partial charge in [-0.2, -0.15) is 0 Å². The average molecular weight is 283 g/mol. The zero-order valence-electron chi connectivity index (χ0n) is 10.5. The number of hydrogen-bond donors (Lipinski definition) is 2. The van der Waals surface area contributed by atoms with Gasteiger partial charge in [0, 0.05) is 6.54 Å². The Labute approximate surface area is 116 Å². The topological polar surface area (TPSA) is 69.6 Å². The molecule has 6 heteroatoms. The predicted molar refractivity (Wildman–Crippen MR) is 74.6 cm³/mol. The van der Waals surface area contributed by atoms with Crippen molar-refractivity contribution >= 4 is 29.3 Å². The minimum absolute atomic E-state index is 0.140. The number of carboxylic acids is 1. The molecule has 0 bridgehead atoms. The van der Waals surface area contributed by atoms with Gasteiger partial charge in [-0.3, -0.25) is 4.79 Å². The highest BCUT2D eigenvalue weighted by Crippen LogP contribution is 2.22. The van der Waals surface area contributed by atoms with Gasteiger partial charge in [0.25, 0.3) is 0 Å². The van der Waals surface area contributed by atoms with Crippen molar-refractivity contribution in [2.45, 2.75) is 6.92 Å². The molecule has 102 valence electrons. The van der Waals surface area contributed by atoms with E-state index in [1.807, 2.05) is 13.0 Å². The maximum atomic E-state index is 11.9. The van der Waals surface area contributed by atoms with Crippen LogP contribution in [0, 0.1) is 6.92 Å². The summed E-state index contributed by atoms with van der Waals surface area (Å²) in [6.45, 7) is 5.09. The van der Waals surface area contributed by atoms with Gasteiger partial charge in [-0.15, -0.1) is 6.58 Å². The number of urea groups is 1. The Hall–Kier alpha value is -2.01. The third kappa shape index (κ3) is 4.63. The number of rotatable bonds is 5. The van der Waals surface area contributed by atoms with Crippen molar-refractivity contribution in [3.05, 3.63) is 41.4 Å². The number of amides is 2. The zero-order valence-corrected chi connectivity index (χ0v) is 11.3. The van der Waals surface area contributed by atoms with Crippen LogP contribution < -0.4 is 5.32 Å². The molecule has 0 spiro atoms. The minimum atomic E-state index is -1.09. The van der Waals surface area contributed by atoms with Crippen molar-refractivity contribution in [3.8, 4) is 0 Å². The number of aryl methyl sites for hydroxylation is 1. The Morgan fingerprint density at radius 2 is 2.21 bits per heavy atom. The van der Waals surface area contributed by atoms with E-state index in [0.29, 0.717) is 10.7 Å². The second-order valence-electron chi connectivity index (χ2n) is 3.98. The molecule has 0 aliphatic carbocycles. The second kappa shape index (κ2) is 6.80. The summed E-state index contributed by atoms with van der Waals surface area (Å²) in [6, 6.07) is 4.67. The average Bonchev–Trinajstić information content (AvgIpc) is 2.32. The molecular weight excluding hydrogens is 268 g/mol. The normalized spacial score (nSPS) is 9.79. The summed E-state index contributed by atoms with van der Waals surface area (Å²) in [4.78, 5) is 23.7. The number of carbonyl (C=O) groups is 2. The van der Waals surface area contributed by atoms with Crippen molar-refractivity contribution < 1.29 is 14.7 Å². The number of hydrogen-bond acceptors (Lipinski definition) is 2. The summed E-state index contributed by atoms with van der Waals surface area (Å²) >= 11 is 5.96. The highest BCUT2D eigenvalue weighted by Gasteiger charge is 2.16. The molecule has 1 rings (SSSR count). The first-order valence-electron chi connectivity index (χ1n) is 5.58. The molecule has 0 heterocycles. The lowest BCUT2D eigenvalue weighted by Gasteiger charge is -2.20. The van der Waals surface area contributed by atoms with Crippen LogP contribution in [-0.4, -0.2) is 35.1 Å². The van der Waals surface area contributed by atoms with E-state index < -0.39 is 18.5 Å². The summed E-state index contributed by atoms with van der Waals surface area (Å²) in [5.41, 5.74) is 1.39. The van der Waals surface area contributed by atoms with E-state index >= 15 is 0 Å². The fraction of sp³-hybridized carbons (Fsp3) is 0.231. The van der Waals surface area contributed by atoms with E-state index in [2.05, 4.69) is 11.9 Å². The van der Waals surface area contributed by atoms with Crippen LogP contribution >= 0.6 is 11.6 Å². The van der Waals surface area contributed by atoms with Crippen LogP contribution in [0.15, 0.2) is 30.9 Å². The number of aliphatic carboxylic acids is 1. The van der Waals surface area contributed by atoms with Crippen molar-refractivity contribution in [1.29, 1.82) is 0 Å². The van der Waals surface area contributed by atoms with Crippen LogP contribution in [0.25, 0.3) is 0 Å². The van der Waals surface area contributed by atoms with Gasteiger partial charge in [-0.1, -0.05) is 23.7 Å². The molecular formula is C13H15ClN2O3. The van der Waals surface area contributed by atoms with E-state index in [0.717, 1.165) is 10.5 Å². The molecule has 0 radical (unpaired) electrons. The maximum Gasteiger partial charge on any atom is 0.323 e. The fourth-order valence-corrected chi connectivity index (χ4v) is 1.63.